The number of carbonyl (C=O) groups is 4. The Morgan fingerprint density at radius 3 is 1.98 bits per heavy atom. The average molecular weight is 953 g/mol. The summed E-state index contributed by atoms with van der Waals surface area (Å²) in [7, 11) is 1.28. The van der Waals surface area contributed by atoms with Crippen LogP contribution in [0.25, 0.3) is 34.4 Å². The molecule has 7 atom stereocenters. The molecule has 11 heteroatoms. The van der Waals surface area contributed by atoms with Crippen molar-refractivity contribution in [1.29, 1.82) is 0 Å². The van der Waals surface area contributed by atoms with Gasteiger partial charge in [0.25, 0.3) is 0 Å². The van der Waals surface area contributed by atoms with Gasteiger partial charge >= 0.3 is 11.9 Å². The van der Waals surface area contributed by atoms with Crippen molar-refractivity contribution in [2.24, 2.45) is 47.3 Å². The molecule has 6 rings (SSSR count). The van der Waals surface area contributed by atoms with Gasteiger partial charge in [0.2, 0.25) is 0 Å². The van der Waals surface area contributed by atoms with E-state index in [0.717, 1.165) is 48.1 Å². The summed E-state index contributed by atoms with van der Waals surface area (Å²) in [5, 5.41) is 10.3. The van der Waals surface area contributed by atoms with Crippen molar-refractivity contribution < 1.29 is 48.1 Å². The van der Waals surface area contributed by atoms with Crippen LogP contribution in [0.3, 0.4) is 0 Å². The Labute approximate surface area is 407 Å². The van der Waals surface area contributed by atoms with Crippen molar-refractivity contribution in [3.05, 3.63) is 90.1 Å². The van der Waals surface area contributed by atoms with Crippen LogP contribution in [0, 0.1) is 61.2 Å². The molecule has 0 saturated carbocycles. The second-order valence-corrected chi connectivity index (χ2v) is 20.2. The van der Waals surface area contributed by atoms with E-state index in [1.165, 1.54) is 57.6 Å². The van der Waals surface area contributed by atoms with Crippen LogP contribution in [0.4, 0.5) is 0 Å². The zero-order valence-electron chi connectivity index (χ0n) is 42.1. The third-order valence-electron chi connectivity index (χ3n) is 14.8. The van der Waals surface area contributed by atoms with Gasteiger partial charge in [-0.2, -0.15) is 22.8 Å². The number of hydrogen-bond donors (Lipinski definition) is 0. The van der Waals surface area contributed by atoms with Gasteiger partial charge in [-0.15, -0.1) is 22.8 Å². The molecule has 1 aliphatic carbocycles. The van der Waals surface area contributed by atoms with Crippen LogP contribution in [0.2, 0.25) is 0 Å². The summed E-state index contributed by atoms with van der Waals surface area (Å²) in [6, 6.07) is 0. The third kappa shape index (κ3) is 11.7. The van der Waals surface area contributed by atoms with Crippen LogP contribution in [0.15, 0.2) is 34.4 Å². The number of esters is 2. The summed E-state index contributed by atoms with van der Waals surface area (Å²) < 4.78 is 11.0. The fourth-order valence-electron chi connectivity index (χ4n) is 10.6. The molecule has 0 radical (unpaired) electrons. The minimum atomic E-state index is -1.25. The van der Waals surface area contributed by atoms with Crippen molar-refractivity contribution in [2.45, 2.75) is 153 Å². The predicted molar refractivity (Wildman–Crippen MR) is 261 cm³/mol. The smallest absolute Gasteiger partial charge is 0.321 e. The van der Waals surface area contributed by atoms with Crippen molar-refractivity contribution in [3.8, 4) is 0 Å². The Morgan fingerprint density at radius 2 is 1.35 bits per heavy atom. The van der Waals surface area contributed by atoms with Crippen LogP contribution in [-0.4, -0.2) is 37.2 Å². The van der Waals surface area contributed by atoms with Crippen molar-refractivity contribution >= 4 is 47.3 Å². The molecule has 0 amide bonds. The molecule has 0 N–H and O–H groups in total. The Hall–Kier alpha value is -4.24. The molecule has 10 nitrogen and oxygen atoms in total. The first-order valence-electron chi connectivity index (χ1n) is 24.6. The number of ether oxygens (including phenoxy) is 2. The van der Waals surface area contributed by atoms with E-state index in [1.54, 1.807) is 6.92 Å². The number of aromatic nitrogens is 2. The van der Waals surface area contributed by atoms with E-state index in [-0.39, 0.29) is 73.7 Å². The van der Waals surface area contributed by atoms with Gasteiger partial charge in [-0.1, -0.05) is 140 Å². The molecule has 0 unspecified atom stereocenters. The minimum Gasteiger partial charge on any atom is -0.664 e. The van der Waals surface area contributed by atoms with Crippen LogP contribution in [-0.2, 0) is 38.5 Å². The summed E-state index contributed by atoms with van der Waals surface area (Å²) in [4.78, 5) is 64.7. The molecule has 356 valence electrons. The zero-order valence-corrected chi connectivity index (χ0v) is 45.0. The summed E-state index contributed by atoms with van der Waals surface area (Å²) in [6.07, 6.45) is 20.3. The first-order chi connectivity index (χ1) is 30.9. The van der Waals surface area contributed by atoms with Crippen molar-refractivity contribution in [3.63, 3.8) is 0 Å². The van der Waals surface area contributed by atoms with E-state index in [2.05, 4.69) is 48.5 Å². The number of carbonyl (C=O) groups excluding carboxylic acids is 4. The first kappa shape index (κ1) is 52.7. The van der Waals surface area contributed by atoms with E-state index < -0.39 is 11.9 Å². The minimum absolute atomic E-state index is 0. The molecule has 0 aromatic carbocycles. The molecule has 2 aromatic rings. The maximum atomic E-state index is 14.4. The van der Waals surface area contributed by atoms with E-state index >= 15 is 0 Å². The van der Waals surface area contributed by atoms with E-state index in [1.807, 2.05) is 45.1 Å². The molecule has 2 fully saturated rings. The number of nitrogens with zero attached hydrogens (tertiary/aromatic N) is 4. The summed E-state index contributed by atoms with van der Waals surface area (Å²) in [5.74, 6) is -0.869. The molecule has 4 aliphatic rings. The maximum absolute atomic E-state index is 14.4. The maximum Gasteiger partial charge on any atom is 0.321 e. The molecular weight excluding hydrogens is 878 g/mol. The van der Waals surface area contributed by atoms with Gasteiger partial charge in [0.15, 0.2) is 11.6 Å². The van der Waals surface area contributed by atoms with Crippen LogP contribution in [0.1, 0.15) is 194 Å². The normalized spacial score (nSPS) is 25.5. The van der Waals surface area contributed by atoms with Crippen LogP contribution < -0.4 is 9.97 Å². The molecule has 3 aliphatic heterocycles. The standard InChI is InChI=1S/C55H76N4O6.Zn/c1-13-39-34(7)41-29-46-48(38(11)60)36(9)43(57-46)27-42-35(8)40(52(58-42)50-51(55(63)64-12)54(62)49-37(10)44(59-53(49)50)28-45(39)56-41)23-24-47(61)65-26-25-33(6)22-16-21-32(5)20-15-19-31(4)18-14-17-30(2)3;/h25,27-32,34-35,39-40,51H,13-24,26H2,1-12H3,(H2-2,56,57,58,59,60,62);/q-2;/p-2/b33-25+,42-27-,45-28-;/t31-,32-,34-,35+,39-,40+,51+;/m1./s1. The fourth-order valence-corrected chi connectivity index (χ4v) is 10.6. The van der Waals surface area contributed by atoms with Gasteiger partial charge in [0, 0.05) is 37.0 Å². The summed E-state index contributed by atoms with van der Waals surface area (Å²) >= 11 is 0. The predicted octanol–water partition coefficient (Wildman–Crippen LogP) is 13.2. The Kier molecular flexibility index (Phi) is 18.5. The second-order valence-electron chi connectivity index (χ2n) is 20.2. The van der Waals surface area contributed by atoms with Crippen molar-refractivity contribution in [1.82, 2.24) is 9.97 Å². The number of Topliss-reactive ketones (excluding diaryl/α,β-unsaturated/α-hetero) is 2. The molecule has 2 saturated heterocycles. The Balaban J connectivity index is 0.00000817. The molecule has 66 heavy (non-hydrogen) atoms. The summed E-state index contributed by atoms with van der Waals surface area (Å²) in [5.41, 5.74) is 9.10. The van der Waals surface area contributed by atoms with Crippen LogP contribution in [0.5, 0.6) is 0 Å². The van der Waals surface area contributed by atoms with Gasteiger partial charge in [-0.25, -0.2) is 0 Å². The van der Waals surface area contributed by atoms with Gasteiger partial charge in [-0.3, -0.25) is 19.2 Å². The van der Waals surface area contributed by atoms with Gasteiger partial charge in [-0.05, 0) is 94.5 Å². The average Bonchev–Trinajstić information content (AvgIpc) is 4.00. The Bertz CT molecular complexity index is 2280. The largest absolute Gasteiger partial charge is 0.664 e. The van der Waals surface area contributed by atoms with E-state index in [0.29, 0.717) is 68.8 Å². The number of hydrogen-bond acceptors (Lipinski definition) is 6. The molecule has 0 spiro atoms. The van der Waals surface area contributed by atoms with E-state index in [9.17, 15) is 19.2 Å². The van der Waals surface area contributed by atoms with E-state index in [4.69, 9.17) is 30.1 Å². The van der Waals surface area contributed by atoms with Crippen molar-refractivity contribution in [2.75, 3.05) is 13.7 Å². The van der Waals surface area contributed by atoms with Crippen LogP contribution >= 0.6 is 0 Å². The number of allylic oxidation sites excluding steroid dienone is 5. The molecule has 2 aromatic heterocycles. The third-order valence-corrected chi connectivity index (χ3v) is 14.8. The topological polar surface area (TPSA) is 143 Å². The van der Waals surface area contributed by atoms with Gasteiger partial charge < -0.3 is 30.1 Å². The monoisotopic (exact) mass is 950 g/mol. The second kappa shape index (κ2) is 23.2. The molecule has 5 heterocycles. The fraction of sp³-hybridized carbons (Fsp3) is 0.600. The number of ketones is 2. The first-order valence-corrected chi connectivity index (χ1v) is 24.6. The quantitative estimate of drug-likeness (QED) is 0.0420. The molecular formula is C55H74N4O6Zn-4. The number of rotatable bonds is 20. The summed E-state index contributed by atoms with van der Waals surface area (Å²) in [6.45, 7) is 23.3. The molecule has 8 bridgehead atoms. The SMILES string of the molecule is CC[C@H]1/C2=C/c3[n-]c4c(c3C)C(=O)[C@@H](C(=O)OC)/C4=C3/[N-]/C(=C\c4[n-]c(c(C(C)=O)c4C)/C=C(\[N-]2)[C@@H]1C)[C@@H](C)[C@@H]3CCC(=O)OC/C=C(\C)CCC[C@H](C)CCC[C@H](C)CCCC(C)C.[Zn]. The number of fused-ring (bicyclic) bond motifs is 7. The number of methoxy groups -OCH3 is 1. The Morgan fingerprint density at radius 1 is 0.758 bits per heavy atom. The zero-order chi connectivity index (χ0) is 47.3. The van der Waals surface area contributed by atoms with Gasteiger partial charge in [0.1, 0.15) is 12.5 Å². The van der Waals surface area contributed by atoms with Gasteiger partial charge in [0.05, 0.1) is 7.11 Å².